The fourth-order valence-corrected chi connectivity index (χ4v) is 2.68. The normalized spacial score (nSPS) is 13.8. The number of nitrogens with zero attached hydrogens (tertiary/aromatic N) is 3. The van der Waals surface area contributed by atoms with Gasteiger partial charge in [0.05, 0.1) is 12.1 Å². The Morgan fingerprint density at radius 2 is 2.00 bits per heavy atom. The molecule has 0 saturated carbocycles. The summed E-state index contributed by atoms with van der Waals surface area (Å²) < 4.78 is 0. The van der Waals surface area contributed by atoms with E-state index in [9.17, 15) is 9.59 Å². The van der Waals surface area contributed by atoms with Crippen LogP contribution in [0.1, 0.15) is 34.8 Å². The molecule has 0 bridgehead atoms. The van der Waals surface area contributed by atoms with Crippen molar-refractivity contribution in [2.75, 3.05) is 11.9 Å². The number of anilines is 1. The zero-order valence-corrected chi connectivity index (χ0v) is 13.6. The molecule has 1 aromatic heterocycles. The lowest BCUT2D eigenvalue weighted by Crippen LogP contribution is -2.20. The van der Waals surface area contributed by atoms with E-state index in [4.69, 9.17) is 0 Å². The highest BCUT2D eigenvalue weighted by Crippen LogP contribution is 2.28. The molecule has 0 aliphatic carbocycles. The van der Waals surface area contributed by atoms with Gasteiger partial charge in [0.1, 0.15) is 0 Å². The molecule has 0 unspecified atom stereocenters. The SMILES string of the molecule is CCC(=NNC(=O)c1ccncc1)c1ccc2c(c1)CC(=O)N2C. The van der Waals surface area contributed by atoms with E-state index in [1.807, 2.05) is 25.1 Å². The van der Waals surface area contributed by atoms with Gasteiger partial charge in [-0.25, -0.2) is 5.43 Å². The number of carbonyl (C=O) groups is 2. The van der Waals surface area contributed by atoms with Crippen LogP contribution in [0.4, 0.5) is 5.69 Å². The van der Waals surface area contributed by atoms with Crippen LogP contribution < -0.4 is 10.3 Å². The molecule has 1 N–H and O–H groups in total. The van der Waals surface area contributed by atoms with E-state index in [2.05, 4.69) is 15.5 Å². The van der Waals surface area contributed by atoms with Crippen molar-refractivity contribution < 1.29 is 9.59 Å². The molecule has 0 saturated heterocycles. The number of hydrogen-bond donors (Lipinski definition) is 1. The number of fused-ring (bicyclic) bond motifs is 1. The number of likely N-dealkylation sites (N-methyl/N-ethyl adjacent to an activating group) is 1. The third-order valence-electron chi connectivity index (χ3n) is 4.06. The van der Waals surface area contributed by atoms with Crippen LogP contribution in [0.2, 0.25) is 0 Å². The van der Waals surface area contributed by atoms with Gasteiger partial charge in [0.2, 0.25) is 5.91 Å². The standard InChI is InChI=1S/C18H18N4O2/c1-3-15(20-21-18(24)12-6-8-19-9-7-12)13-4-5-16-14(10-13)11-17(23)22(16)2/h4-10H,3,11H2,1-2H3,(H,21,24). The summed E-state index contributed by atoms with van der Waals surface area (Å²) in [6.07, 6.45) is 4.19. The Morgan fingerprint density at radius 1 is 1.25 bits per heavy atom. The van der Waals surface area contributed by atoms with Gasteiger partial charge in [-0.2, -0.15) is 5.10 Å². The van der Waals surface area contributed by atoms with Crippen LogP contribution in [0, 0.1) is 0 Å². The van der Waals surface area contributed by atoms with Crippen LogP contribution in [0.5, 0.6) is 0 Å². The van der Waals surface area contributed by atoms with Crippen molar-refractivity contribution >= 4 is 23.2 Å². The second-order valence-corrected chi connectivity index (χ2v) is 5.56. The summed E-state index contributed by atoms with van der Waals surface area (Å²) in [6, 6.07) is 9.08. The van der Waals surface area contributed by atoms with E-state index in [0.29, 0.717) is 18.4 Å². The van der Waals surface area contributed by atoms with Crippen LogP contribution in [0.3, 0.4) is 0 Å². The van der Waals surface area contributed by atoms with Crippen LogP contribution in [0.25, 0.3) is 0 Å². The maximum atomic E-state index is 12.1. The highest BCUT2D eigenvalue weighted by atomic mass is 16.2. The Balaban J connectivity index is 1.81. The smallest absolute Gasteiger partial charge is 0.271 e. The minimum absolute atomic E-state index is 0.0862. The summed E-state index contributed by atoms with van der Waals surface area (Å²) in [5.41, 5.74) is 6.68. The van der Waals surface area contributed by atoms with E-state index in [-0.39, 0.29) is 11.8 Å². The van der Waals surface area contributed by atoms with Crippen molar-refractivity contribution in [3.63, 3.8) is 0 Å². The Bertz CT molecular complexity index is 815. The summed E-state index contributed by atoms with van der Waals surface area (Å²) in [4.78, 5) is 29.4. The average Bonchev–Trinajstić information content (AvgIpc) is 2.90. The lowest BCUT2D eigenvalue weighted by molar-refractivity contribution is -0.117. The Labute approximate surface area is 140 Å². The first kappa shape index (κ1) is 15.9. The molecule has 2 amide bonds. The number of rotatable bonds is 4. The number of benzene rings is 1. The third kappa shape index (κ3) is 3.03. The second kappa shape index (κ2) is 6.62. The summed E-state index contributed by atoms with van der Waals surface area (Å²) in [5.74, 6) is -0.192. The van der Waals surface area contributed by atoms with Crippen molar-refractivity contribution in [1.82, 2.24) is 10.4 Å². The highest BCUT2D eigenvalue weighted by molar-refractivity contribution is 6.05. The van der Waals surface area contributed by atoms with E-state index in [1.54, 1.807) is 36.5 Å². The van der Waals surface area contributed by atoms with Crippen molar-refractivity contribution in [3.8, 4) is 0 Å². The van der Waals surface area contributed by atoms with Crippen molar-refractivity contribution in [1.29, 1.82) is 0 Å². The summed E-state index contributed by atoms with van der Waals surface area (Å²) in [5, 5.41) is 4.25. The molecule has 3 rings (SSSR count). The average molecular weight is 322 g/mol. The first-order chi connectivity index (χ1) is 11.6. The van der Waals surface area contributed by atoms with Gasteiger partial charge in [-0.3, -0.25) is 14.6 Å². The molecule has 0 fully saturated rings. The van der Waals surface area contributed by atoms with E-state index >= 15 is 0 Å². The number of aromatic nitrogens is 1. The molecule has 6 heteroatoms. The molecule has 1 aliphatic heterocycles. The van der Waals surface area contributed by atoms with E-state index in [1.165, 1.54) is 0 Å². The zero-order valence-electron chi connectivity index (χ0n) is 13.6. The van der Waals surface area contributed by atoms with Gasteiger partial charge >= 0.3 is 0 Å². The topological polar surface area (TPSA) is 74.7 Å². The number of nitrogens with one attached hydrogen (secondary N) is 1. The monoisotopic (exact) mass is 322 g/mol. The van der Waals surface area contributed by atoms with Crippen molar-refractivity contribution in [2.45, 2.75) is 19.8 Å². The van der Waals surface area contributed by atoms with Gasteiger partial charge in [-0.15, -0.1) is 0 Å². The fraction of sp³-hybridized carbons (Fsp3) is 0.222. The first-order valence-corrected chi connectivity index (χ1v) is 7.77. The van der Waals surface area contributed by atoms with Crippen molar-refractivity contribution in [3.05, 3.63) is 59.4 Å². The van der Waals surface area contributed by atoms with E-state index < -0.39 is 0 Å². The first-order valence-electron chi connectivity index (χ1n) is 7.77. The maximum absolute atomic E-state index is 12.1. The van der Waals surface area contributed by atoms with E-state index in [0.717, 1.165) is 22.5 Å². The maximum Gasteiger partial charge on any atom is 0.271 e. The molecule has 0 radical (unpaired) electrons. The minimum Gasteiger partial charge on any atom is -0.315 e. The number of pyridine rings is 1. The highest BCUT2D eigenvalue weighted by Gasteiger charge is 2.24. The lowest BCUT2D eigenvalue weighted by atomic mass is 10.0. The molecule has 24 heavy (non-hydrogen) atoms. The molecule has 1 aliphatic rings. The van der Waals surface area contributed by atoms with Crippen LogP contribution in [-0.4, -0.2) is 29.6 Å². The number of amides is 2. The Morgan fingerprint density at radius 3 is 2.71 bits per heavy atom. The molecule has 2 aromatic rings. The van der Waals surface area contributed by atoms with Gasteiger partial charge in [0, 0.05) is 30.7 Å². The summed E-state index contributed by atoms with van der Waals surface area (Å²) in [7, 11) is 1.78. The largest absolute Gasteiger partial charge is 0.315 e. The molecule has 6 nitrogen and oxygen atoms in total. The predicted octanol–water partition coefficient (Wildman–Crippen LogP) is 2.14. The van der Waals surface area contributed by atoms with Gasteiger partial charge in [-0.1, -0.05) is 13.0 Å². The fourth-order valence-electron chi connectivity index (χ4n) is 2.68. The lowest BCUT2D eigenvalue weighted by Gasteiger charge is -2.11. The second-order valence-electron chi connectivity index (χ2n) is 5.56. The number of hydrogen-bond acceptors (Lipinski definition) is 4. The number of carbonyl (C=O) groups excluding carboxylic acids is 2. The van der Waals surface area contributed by atoms with Crippen molar-refractivity contribution in [2.24, 2.45) is 5.10 Å². The Hall–Kier alpha value is -3.02. The summed E-state index contributed by atoms with van der Waals surface area (Å²) >= 11 is 0. The zero-order chi connectivity index (χ0) is 17.1. The quantitative estimate of drug-likeness (QED) is 0.692. The molecule has 2 heterocycles. The minimum atomic E-state index is -0.278. The van der Waals surface area contributed by atoms with Gasteiger partial charge in [0.25, 0.3) is 5.91 Å². The van der Waals surface area contributed by atoms with Crippen LogP contribution in [0.15, 0.2) is 47.8 Å². The third-order valence-corrected chi connectivity index (χ3v) is 4.06. The molecular weight excluding hydrogens is 304 g/mol. The van der Waals surface area contributed by atoms with Gasteiger partial charge in [-0.05, 0) is 41.8 Å². The van der Waals surface area contributed by atoms with Gasteiger partial charge in [0.15, 0.2) is 0 Å². The summed E-state index contributed by atoms with van der Waals surface area (Å²) in [6.45, 7) is 1.97. The molecule has 0 atom stereocenters. The molecule has 122 valence electrons. The predicted molar refractivity (Wildman–Crippen MR) is 92.1 cm³/mol. The van der Waals surface area contributed by atoms with Crippen LogP contribution >= 0.6 is 0 Å². The van der Waals surface area contributed by atoms with Gasteiger partial charge < -0.3 is 4.90 Å². The molecular formula is C18H18N4O2. The van der Waals surface area contributed by atoms with Crippen LogP contribution in [-0.2, 0) is 11.2 Å². The molecule has 0 spiro atoms. The molecule has 1 aromatic carbocycles. The number of hydrazone groups is 1. The Kier molecular flexibility index (Phi) is 4.37.